The fraction of sp³-hybridized carbons (Fsp3) is 0.375. The fourth-order valence-electron chi connectivity index (χ4n) is 2.38. The first-order valence-electron chi connectivity index (χ1n) is 7.00. The molecule has 2 aromatic rings. The highest BCUT2D eigenvalue weighted by Crippen LogP contribution is 2.45. The van der Waals surface area contributed by atoms with E-state index in [1.807, 2.05) is 6.92 Å². The van der Waals surface area contributed by atoms with Crippen molar-refractivity contribution in [2.75, 3.05) is 11.9 Å². The third kappa shape index (κ3) is 2.96. The number of nitrogens with one attached hydrogen (secondary N) is 1. The lowest BCUT2D eigenvalue weighted by molar-refractivity contribution is 0.339. The summed E-state index contributed by atoms with van der Waals surface area (Å²) in [6, 6.07) is 9.23. The topological polar surface area (TPSA) is 21.3 Å². The molecule has 0 amide bonds. The molecule has 1 atom stereocenters. The van der Waals surface area contributed by atoms with Gasteiger partial charge in [0.2, 0.25) is 0 Å². The van der Waals surface area contributed by atoms with Gasteiger partial charge < -0.3 is 10.1 Å². The molecule has 4 heteroatoms. The molecule has 1 N–H and O–H groups in total. The van der Waals surface area contributed by atoms with Crippen LogP contribution in [0.5, 0.6) is 5.75 Å². The maximum Gasteiger partial charge on any atom is 0.145 e. The van der Waals surface area contributed by atoms with Gasteiger partial charge in [0.25, 0.3) is 0 Å². The zero-order valence-electron chi connectivity index (χ0n) is 11.4. The van der Waals surface area contributed by atoms with Crippen LogP contribution < -0.4 is 10.1 Å². The predicted molar refractivity (Wildman–Crippen MR) is 81.0 cm³/mol. The molecule has 20 heavy (non-hydrogen) atoms. The van der Waals surface area contributed by atoms with Crippen LogP contribution in [0, 0.1) is 11.7 Å². The van der Waals surface area contributed by atoms with Crippen molar-refractivity contribution < 1.29 is 9.13 Å². The molecule has 106 valence electrons. The SMILES string of the molecule is CCOc1cc(F)ccc1NC(c1cccs1)C1CC1. The summed E-state index contributed by atoms with van der Waals surface area (Å²) in [5.74, 6) is 1.00. The van der Waals surface area contributed by atoms with E-state index in [1.54, 1.807) is 17.4 Å². The highest BCUT2D eigenvalue weighted by Gasteiger charge is 2.33. The van der Waals surface area contributed by atoms with E-state index < -0.39 is 0 Å². The van der Waals surface area contributed by atoms with Crippen molar-refractivity contribution >= 4 is 17.0 Å². The van der Waals surface area contributed by atoms with Crippen molar-refractivity contribution in [2.24, 2.45) is 5.92 Å². The summed E-state index contributed by atoms with van der Waals surface area (Å²) in [6.07, 6.45) is 2.50. The van der Waals surface area contributed by atoms with Gasteiger partial charge in [0.15, 0.2) is 0 Å². The Hall–Kier alpha value is -1.55. The van der Waals surface area contributed by atoms with Crippen LogP contribution >= 0.6 is 11.3 Å². The molecule has 0 radical (unpaired) electrons. The second-order valence-electron chi connectivity index (χ2n) is 5.05. The minimum absolute atomic E-state index is 0.266. The van der Waals surface area contributed by atoms with Gasteiger partial charge in [-0.1, -0.05) is 6.07 Å². The molecule has 1 fully saturated rings. The van der Waals surface area contributed by atoms with Crippen LogP contribution in [0.25, 0.3) is 0 Å². The first-order valence-corrected chi connectivity index (χ1v) is 7.88. The number of thiophene rings is 1. The lowest BCUT2D eigenvalue weighted by Gasteiger charge is -2.20. The van der Waals surface area contributed by atoms with Crippen molar-refractivity contribution in [1.82, 2.24) is 0 Å². The first-order chi connectivity index (χ1) is 9.78. The molecule has 3 rings (SSSR count). The van der Waals surface area contributed by atoms with E-state index in [2.05, 4.69) is 22.8 Å². The zero-order valence-corrected chi connectivity index (χ0v) is 12.3. The van der Waals surface area contributed by atoms with Crippen LogP contribution in [0.1, 0.15) is 30.7 Å². The molecule has 2 nitrogen and oxygen atoms in total. The molecular weight excluding hydrogens is 273 g/mol. The molecule has 1 aliphatic rings. The monoisotopic (exact) mass is 291 g/mol. The Morgan fingerprint density at radius 3 is 2.90 bits per heavy atom. The number of rotatable bonds is 6. The quantitative estimate of drug-likeness (QED) is 0.821. The van der Waals surface area contributed by atoms with Gasteiger partial charge in [0, 0.05) is 10.9 Å². The second kappa shape index (κ2) is 5.83. The zero-order chi connectivity index (χ0) is 13.9. The van der Waals surface area contributed by atoms with Crippen LogP contribution in [-0.4, -0.2) is 6.61 Å². The fourth-order valence-corrected chi connectivity index (χ4v) is 3.25. The summed E-state index contributed by atoms with van der Waals surface area (Å²) >= 11 is 1.76. The number of anilines is 1. The molecule has 1 aromatic carbocycles. The predicted octanol–water partition coefficient (Wildman–Crippen LogP) is 4.85. The summed E-state index contributed by atoms with van der Waals surface area (Å²) < 4.78 is 18.9. The van der Waals surface area contributed by atoms with Gasteiger partial charge in [-0.05, 0) is 49.3 Å². The van der Waals surface area contributed by atoms with Gasteiger partial charge in [0.1, 0.15) is 11.6 Å². The van der Waals surface area contributed by atoms with Crippen molar-refractivity contribution in [3.8, 4) is 5.75 Å². The molecule has 1 aliphatic carbocycles. The number of hydrogen-bond donors (Lipinski definition) is 1. The van der Waals surface area contributed by atoms with Crippen molar-refractivity contribution in [2.45, 2.75) is 25.8 Å². The lowest BCUT2D eigenvalue weighted by Crippen LogP contribution is -2.12. The van der Waals surface area contributed by atoms with Gasteiger partial charge in [-0.2, -0.15) is 0 Å². The Labute approximate surface area is 122 Å². The van der Waals surface area contributed by atoms with Crippen LogP contribution in [0.15, 0.2) is 35.7 Å². The van der Waals surface area contributed by atoms with Crippen LogP contribution in [0.2, 0.25) is 0 Å². The lowest BCUT2D eigenvalue weighted by atomic mass is 10.1. The first kappa shape index (κ1) is 13.4. The van der Waals surface area contributed by atoms with Crippen LogP contribution in [-0.2, 0) is 0 Å². The van der Waals surface area contributed by atoms with Gasteiger partial charge in [0.05, 0.1) is 18.3 Å². The Bertz CT molecular complexity index is 566. The van der Waals surface area contributed by atoms with Gasteiger partial charge in [-0.25, -0.2) is 4.39 Å². The third-order valence-corrected chi connectivity index (χ3v) is 4.45. The Balaban J connectivity index is 1.85. The van der Waals surface area contributed by atoms with Crippen molar-refractivity contribution in [1.29, 1.82) is 0 Å². The maximum absolute atomic E-state index is 13.3. The standard InChI is InChI=1S/C16H18FNOS/c1-2-19-14-10-12(17)7-8-13(14)18-16(11-5-6-11)15-4-3-9-20-15/h3-4,7-11,16,18H,2,5-6H2,1H3. The third-order valence-electron chi connectivity index (χ3n) is 3.50. The highest BCUT2D eigenvalue weighted by atomic mass is 32.1. The number of halogens is 1. The van der Waals surface area contributed by atoms with Gasteiger partial charge in [-0.3, -0.25) is 0 Å². The van der Waals surface area contributed by atoms with E-state index in [-0.39, 0.29) is 5.82 Å². The summed E-state index contributed by atoms with van der Waals surface area (Å²) in [4.78, 5) is 1.33. The molecule has 0 aliphatic heterocycles. The number of hydrogen-bond acceptors (Lipinski definition) is 3. The smallest absolute Gasteiger partial charge is 0.145 e. The summed E-state index contributed by atoms with van der Waals surface area (Å²) in [5, 5.41) is 5.64. The summed E-state index contributed by atoms with van der Waals surface area (Å²) in [5.41, 5.74) is 0.874. The van der Waals surface area contributed by atoms with E-state index >= 15 is 0 Å². The van der Waals surface area contributed by atoms with Crippen LogP contribution in [0.4, 0.5) is 10.1 Å². The van der Waals surface area contributed by atoms with E-state index in [0.29, 0.717) is 24.3 Å². The molecule has 0 bridgehead atoms. The molecule has 0 spiro atoms. The number of ether oxygens (including phenoxy) is 1. The molecule has 1 saturated carbocycles. The normalized spacial score (nSPS) is 15.9. The highest BCUT2D eigenvalue weighted by molar-refractivity contribution is 7.10. The summed E-state index contributed by atoms with van der Waals surface area (Å²) in [6.45, 7) is 2.44. The Kier molecular flexibility index (Phi) is 3.92. The van der Waals surface area contributed by atoms with E-state index in [1.165, 1.54) is 29.9 Å². The summed E-state index contributed by atoms with van der Waals surface area (Å²) in [7, 11) is 0. The molecular formula is C16H18FNOS. The minimum atomic E-state index is -0.266. The molecule has 0 saturated heterocycles. The largest absolute Gasteiger partial charge is 0.492 e. The van der Waals surface area contributed by atoms with E-state index in [9.17, 15) is 4.39 Å². The maximum atomic E-state index is 13.3. The average Bonchev–Trinajstić information content (AvgIpc) is 3.13. The van der Waals surface area contributed by atoms with Crippen LogP contribution in [0.3, 0.4) is 0 Å². The molecule has 1 heterocycles. The number of benzene rings is 1. The Morgan fingerprint density at radius 1 is 1.40 bits per heavy atom. The molecule has 1 aromatic heterocycles. The van der Waals surface area contributed by atoms with E-state index in [0.717, 1.165) is 5.69 Å². The Morgan fingerprint density at radius 2 is 2.25 bits per heavy atom. The van der Waals surface area contributed by atoms with Gasteiger partial charge in [-0.15, -0.1) is 11.3 Å². The van der Waals surface area contributed by atoms with E-state index in [4.69, 9.17) is 4.74 Å². The van der Waals surface area contributed by atoms with Crippen molar-refractivity contribution in [3.05, 3.63) is 46.4 Å². The molecule has 1 unspecified atom stereocenters. The average molecular weight is 291 g/mol. The minimum Gasteiger partial charge on any atom is -0.492 e. The van der Waals surface area contributed by atoms with Gasteiger partial charge >= 0.3 is 0 Å². The van der Waals surface area contributed by atoms with Crippen molar-refractivity contribution in [3.63, 3.8) is 0 Å². The second-order valence-corrected chi connectivity index (χ2v) is 6.03.